The predicted molar refractivity (Wildman–Crippen MR) is 56.1 cm³/mol. The second-order valence-electron chi connectivity index (χ2n) is 3.75. The number of allylic oxidation sites excluding steroid dienone is 1. The van der Waals surface area contributed by atoms with Crippen LogP contribution in [0.2, 0.25) is 0 Å². The molecular formula is C11H23N. The van der Waals surface area contributed by atoms with Crippen LogP contribution in [-0.2, 0) is 0 Å². The lowest BCUT2D eigenvalue weighted by atomic mass is 9.98. The molecule has 0 saturated carbocycles. The standard InChI is InChI=1S/C11H23N/c1-6-8-11(10(3)4)12(5)9-7-2/h7,9-11H,6,8H2,1-5H3/b9-7-. The van der Waals surface area contributed by atoms with Crippen molar-refractivity contribution in [3.63, 3.8) is 0 Å². The van der Waals surface area contributed by atoms with Crippen molar-refractivity contribution < 1.29 is 0 Å². The highest BCUT2D eigenvalue weighted by Gasteiger charge is 2.14. The van der Waals surface area contributed by atoms with E-state index in [0.717, 1.165) is 5.92 Å². The fourth-order valence-electron chi connectivity index (χ4n) is 1.65. The fraction of sp³-hybridized carbons (Fsp3) is 0.818. The summed E-state index contributed by atoms with van der Waals surface area (Å²) in [5.74, 6) is 0.742. The van der Waals surface area contributed by atoms with Crippen LogP contribution in [0.5, 0.6) is 0 Å². The third-order valence-electron chi connectivity index (χ3n) is 2.26. The summed E-state index contributed by atoms with van der Waals surface area (Å²) >= 11 is 0. The van der Waals surface area contributed by atoms with Crippen LogP contribution in [0.1, 0.15) is 40.5 Å². The molecule has 0 N–H and O–H groups in total. The Hall–Kier alpha value is -0.460. The summed E-state index contributed by atoms with van der Waals surface area (Å²) in [7, 11) is 2.17. The lowest BCUT2D eigenvalue weighted by Crippen LogP contribution is -2.31. The zero-order valence-electron chi connectivity index (χ0n) is 9.17. The maximum Gasteiger partial charge on any atom is 0.0303 e. The Balaban J connectivity index is 4.08. The normalized spacial score (nSPS) is 14.2. The molecule has 1 unspecified atom stereocenters. The third-order valence-corrected chi connectivity index (χ3v) is 2.26. The van der Waals surface area contributed by atoms with Gasteiger partial charge in [0.1, 0.15) is 0 Å². The maximum atomic E-state index is 2.33. The van der Waals surface area contributed by atoms with Crippen molar-refractivity contribution >= 4 is 0 Å². The molecule has 0 saturated heterocycles. The van der Waals surface area contributed by atoms with Gasteiger partial charge >= 0.3 is 0 Å². The highest BCUT2D eigenvalue weighted by molar-refractivity contribution is 4.83. The van der Waals surface area contributed by atoms with Crippen molar-refractivity contribution in [3.05, 3.63) is 12.3 Å². The first-order chi connectivity index (χ1) is 5.63. The Morgan fingerprint density at radius 3 is 2.25 bits per heavy atom. The van der Waals surface area contributed by atoms with Gasteiger partial charge in [-0.15, -0.1) is 0 Å². The second kappa shape index (κ2) is 6.10. The molecule has 0 fully saturated rings. The van der Waals surface area contributed by atoms with E-state index in [2.05, 4.69) is 51.9 Å². The van der Waals surface area contributed by atoms with Crippen LogP contribution in [0.3, 0.4) is 0 Å². The molecule has 0 radical (unpaired) electrons. The molecule has 0 heterocycles. The van der Waals surface area contributed by atoms with Gasteiger partial charge in [0.2, 0.25) is 0 Å². The predicted octanol–water partition coefficient (Wildman–Crippen LogP) is 3.28. The summed E-state index contributed by atoms with van der Waals surface area (Å²) < 4.78 is 0. The van der Waals surface area contributed by atoms with Crippen molar-refractivity contribution in [3.8, 4) is 0 Å². The molecule has 1 nitrogen and oxygen atoms in total. The molecular weight excluding hydrogens is 146 g/mol. The minimum Gasteiger partial charge on any atom is -0.377 e. The van der Waals surface area contributed by atoms with E-state index in [4.69, 9.17) is 0 Å². The first-order valence-electron chi connectivity index (χ1n) is 4.98. The van der Waals surface area contributed by atoms with Crippen LogP contribution in [0.15, 0.2) is 12.3 Å². The van der Waals surface area contributed by atoms with Gasteiger partial charge in [-0.1, -0.05) is 33.3 Å². The average Bonchev–Trinajstić information content (AvgIpc) is 1.99. The van der Waals surface area contributed by atoms with Gasteiger partial charge in [-0.05, 0) is 25.5 Å². The Bertz CT molecular complexity index is 127. The summed E-state index contributed by atoms with van der Waals surface area (Å²) in [6.45, 7) is 8.90. The second-order valence-corrected chi connectivity index (χ2v) is 3.75. The Kier molecular flexibility index (Phi) is 5.87. The van der Waals surface area contributed by atoms with Gasteiger partial charge in [-0.2, -0.15) is 0 Å². The van der Waals surface area contributed by atoms with E-state index in [1.807, 2.05) is 0 Å². The van der Waals surface area contributed by atoms with Gasteiger partial charge in [-0.25, -0.2) is 0 Å². The van der Waals surface area contributed by atoms with Crippen LogP contribution in [-0.4, -0.2) is 18.0 Å². The molecule has 0 aliphatic heterocycles. The molecule has 0 rings (SSSR count). The van der Waals surface area contributed by atoms with E-state index in [9.17, 15) is 0 Å². The summed E-state index contributed by atoms with van der Waals surface area (Å²) in [4.78, 5) is 2.33. The summed E-state index contributed by atoms with van der Waals surface area (Å²) in [5, 5.41) is 0. The summed E-state index contributed by atoms with van der Waals surface area (Å²) in [6, 6.07) is 0.700. The lowest BCUT2D eigenvalue weighted by molar-refractivity contribution is 0.242. The molecule has 72 valence electrons. The molecule has 0 aromatic rings. The molecule has 0 spiro atoms. The number of hydrogen-bond donors (Lipinski definition) is 0. The summed E-state index contributed by atoms with van der Waals surface area (Å²) in [6.07, 6.45) is 6.83. The SMILES string of the molecule is C/C=C\N(C)C(CCC)C(C)C. The minimum absolute atomic E-state index is 0.700. The Labute approximate surface area is 77.5 Å². The quantitative estimate of drug-likeness (QED) is 0.610. The first-order valence-corrected chi connectivity index (χ1v) is 4.98. The number of rotatable bonds is 5. The van der Waals surface area contributed by atoms with Crippen molar-refractivity contribution in [2.75, 3.05) is 7.05 Å². The van der Waals surface area contributed by atoms with E-state index in [1.165, 1.54) is 12.8 Å². The van der Waals surface area contributed by atoms with E-state index in [0.29, 0.717) is 6.04 Å². The molecule has 12 heavy (non-hydrogen) atoms. The highest BCUT2D eigenvalue weighted by Crippen LogP contribution is 2.14. The van der Waals surface area contributed by atoms with Gasteiger partial charge in [0.05, 0.1) is 0 Å². The van der Waals surface area contributed by atoms with Crippen LogP contribution in [0.25, 0.3) is 0 Å². The van der Waals surface area contributed by atoms with Gasteiger partial charge < -0.3 is 4.90 Å². The van der Waals surface area contributed by atoms with Crippen LogP contribution < -0.4 is 0 Å². The van der Waals surface area contributed by atoms with Gasteiger partial charge in [-0.3, -0.25) is 0 Å². The maximum absolute atomic E-state index is 2.33. The van der Waals surface area contributed by atoms with Gasteiger partial charge in [0.25, 0.3) is 0 Å². The van der Waals surface area contributed by atoms with Crippen molar-refractivity contribution in [2.24, 2.45) is 5.92 Å². The molecule has 0 aromatic carbocycles. The van der Waals surface area contributed by atoms with Crippen LogP contribution >= 0.6 is 0 Å². The van der Waals surface area contributed by atoms with E-state index < -0.39 is 0 Å². The molecule has 0 aliphatic carbocycles. The lowest BCUT2D eigenvalue weighted by Gasteiger charge is -2.30. The van der Waals surface area contributed by atoms with E-state index >= 15 is 0 Å². The highest BCUT2D eigenvalue weighted by atomic mass is 15.1. The zero-order chi connectivity index (χ0) is 9.56. The van der Waals surface area contributed by atoms with E-state index in [1.54, 1.807) is 0 Å². The zero-order valence-corrected chi connectivity index (χ0v) is 9.17. The molecule has 1 heteroatoms. The monoisotopic (exact) mass is 169 g/mol. The topological polar surface area (TPSA) is 3.24 Å². The molecule has 0 bridgehead atoms. The van der Waals surface area contributed by atoms with E-state index in [-0.39, 0.29) is 0 Å². The molecule has 0 aromatic heterocycles. The van der Waals surface area contributed by atoms with Gasteiger partial charge in [0, 0.05) is 13.1 Å². The Morgan fingerprint density at radius 2 is 1.92 bits per heavy atom. The number of hydrogen-bond acceptors (Lipinski definition) is 1. The van der Waals surface area contributed by atoms with Crippen molar-refractivity contribution in [1.29, 1.82) is 0 Å². The van der Waals surface area contributed by atoms with Gasteiger partial charge in [0.15, 0.2) is 0 Å². The molecule has 0 amide bonds. The third kappa shape index (κ3) is 3.80. The average molecular weight is 169 g/mol. The largest absolute Gasteiger partial charge is 0.377 e. The van der Waals surface area contributed by atoms with Crippen LogP contribution in [0.4, 0.5) is 0 Å². The molecule has 0 aliphatic rings. The van der Waals surface area contributed by atoms with Crippen molar-refractivity contribution in [2.45, 2.75) is 46.6 Å². The first kappa shape index (κ1) is 11.5. The smallest absolute Gasteiger partial charge is 0.0303 e. The van der Waals surface area contributed by atoms with Crippen molar-refractivity contribution in [1.82, 2.24) is 4.90 Å². The fourth-order valence-corrected chi connectivity index (χ4v) is 1.65. The van der Waals surface area contributed by atoms with Crippen LogP contribution in [0, 0.1) is 5.92 Å². The Morgan fingerprint density at radius 1 is 1.33 bits per heavy atom. The molecule has 1 atom stereocenters. The number of nitrogens with zero attached hydrogens (tertiary/aromatic N) is 1. The minimum atomic E-state index is 0.700. The summed E-state index contributed by atoms with van der Waals surface area (Å²) in [5.41, 5.74) is 0.